The molecule has 4 heteroatoms. The van der Waals surface area contributed by atoms with Crippen LogP contribution in [0.25, 0.3) is 0 Å². The highest BCUT2D eigenvalue weighted by Gasteiger charge is 2.48. The second kappa shape index (κ2) is 6.06. The standard InChI is InChI=1S/C15H23NO2S/c1-11-6-4-8-15(12(11)2,14(17)18-3)16-10-13-7-5-9-19-13/h5,7,9,11-12,16H,4,6,8,10H2,1-3H3. The van der Waals surface area contributed by atoms with Gasteiger partial charge in [-0.3, -0.25) is 10.1 Å². The summed E-state index contributed by atoms with van der Waals surface area (Å²) in [5.41, 5.74) is -0.517. The first-order valence-electron chi connectivity index (χ1n) is 6.96. The van der Waals surface area contributed by atoms with Crippen LogP contribution in [-0.4, -0.2) is 18.6 Å². The maximum Gasteiger partial charge on any atom is 0.326 e. The fraction of sp³-hybridized carbons (Fsp3) is 0.667. The summed E-state index contributed by atoms with van der Waals surface area (Å²) in [6.07, 6.45) is 3.15. The van der Waals surface area contributed by atoms with Crippen LogP contribution in [0.15, 0.2) is 17.5 Å². The minimum Gasteiger partial charge on any atom is -0.468 e. The van der Waals surface area contributed by atoms with E-state index in [4.69, 9.17) is 4.74 Å². The van der Waals surface area contributed by atoms with E-state index in [1.54, 1.807) is 11.3 Å². The van der Waals surface area contributed by atoms with Crippen molar-refractivity contribution in [3.05, 3.63) is 22.4 Å². The first kappa shape index (κ1) is 14.5. The number of ether oxygens (including phenoxy) is 1. The fourth-order valence-corrected chi connectivity index (χ4v) is 3.76. The van der Waals surface area contributed by atoms with Crippen molar-refractivity contribution in [2.45, 2.75) is 45.2 Å². The first-order chi connectivity index (χ1) is 9.10. The van der Waals surface area contributed by atoms with Gasteiger partial charge < -0.3 is 4.74 Å². The van der Waals surface area contributed by atoms with Gasteiger partial charge in [-0.15, -0.1) is 11.3 Å². The van der Waals surface area contributed by atoms with Crippen LogP contribution in [0.4, 0.5) is 0 Å². The molecule has 1 aromatic rings. The Bertz CT molecular complexity index is 418. The zero-order valence-corrected chi connectivity index (χ0v) is 12.8. The van der Waals surface area contributed by atoms with Gasteiger partial charge in [0.25, 0.3) is 0 Å². The van der Waals surface area contributed by atoms with E-state index in [1.165, 1.54) is 18.4 Å². The van der Waals surface area contributed by atoms with E-state index in [9.17, 15) is 4.79 Å². The smallest absolute Gasteiger partial charge is 0.326 e. The van der Waals surface area contributed by atoms with Crippen molar-refractivity contribution in [2.75, 3.05) is 7.11 Å². The van der Waals surface area contributed by atoms with Crippen LogP contribution < -0.4 is 5.32 Å². The number of hydrogen-bond donors (Lipinski definition) is 1. The van der Waals surface area contributed by atoms with Crippen molar-refractivity contribution in [2.24, 2.45) is 11.8 Å². The Balaban J connectivity index is 2.16. The summed E-state index contributed by atoms with van der Waals surface area (Å²) < 4.78 is 5.08. The van der Waals surface area contributed by atoms with Crippen LogP contribution in [0.5, 0.6) is 0 Å². The summed E-state index contributed by atoms with van der Waals surface area (Å²) in [6, 6.07) is 4.14. The molecule has 0 aliphatic heterocycles. The molecule has 0 bridgehead atoms. The number of nitrogens with one attached hydrogen (secondary N) is 1. The first-order valence-corrected chi connectivity index (χ1v) is 7.84. The Kier molecular flexibility index (Phi) is 4.63. The van der Waals surface area contributed by atoms with Gasteiger partial charge in [0.15, 0.2) is 0 Å². The van der Waals surface area contributed by atoms with Gasteiger partial charge in [-0.1, -0.05) is 32.8 Å². The number of thiophene rings is 1. The van der Waals surface area contributed by atoms with Crippen LogP contribution in [0, 0.1) is 11.8 Å². The maximum absolute atomic E-state index is 12.3. The second-order valence-corrected chi connectivity index (χ2v) is 6.59. The summed E-state index contributed by atoms with van der Waals surface area (Å²) in [5.74, 6) is 0.737. The predicted octanol–water partition coefficient (Wildman–Crippen LogP) is 3.21. The van der Waals surface area contributed by atoms with Gasteiger partial charge in [-0.05, 0) is 29.7 Å². The molecular formula is C15H23NO2S. The van der Waals surface area contributed by atoms with E-state index in [2.05, 4.69) is 30.6 Å². The Morgan fingerprint density at radius 1 is 1.58 bits per heavy atom. The highest BCUT2D eigenvalue weighted by molar-refractivity contribution is 7.09. The SMILES string of the molecule is COC(=O)C1(NCc2cccs2)CCCC(C)C1C. The largest absolute Gasteiger partial charge is 0.468 e. The zero-order valence-electron chi connectivity index (χ0n) is 11.9. The molecule has 1 saturated carbocycles. The van der Waals surface area contributed by atoms with Gasteiger partial charge in [0.05, 0.1) is 7.11 Å². The number of hydrogen-bond acceptors (Lipinski definition) is 4. The predicted molar refractivity (Wildman–Crippen MR) is 78.1 cm³/mol. The molecule has 3 unspecified atom stereocenters. The molecule has 19 heavy (non-hydrogen) atoms. The van der Waals surface area contributed by atoms with Crippen LogP contribution >= 0.6 is 11.3 Å². The highest BCUT2D eigenvalue weighted by atomic mass is 32.1. The molecule has 1 aliphatic rings. The van der Waals surface area contributed by atoms with Crippen LogP contribution in [0.1, 0.15) is 38.0 Å². The minimum atomic E-state index is -0.517. The Morgan fingerprint density at radius 3 is 3.00 bits per heavy atom. The number of rotatable bonds is 4. The van der Waals surface area contributed by atoms with Crippen molar-refractivity contribution >= 4 is 17.3 Å². The van der Waals surface area contributed by atoms with Crippen molar-refractivity contribution in [1.29, 1.82) is 0 Å². The van der Waals surface area contributed by atoms with E-state index in [0.717, 1.165) is 19.4 Å². The lowest BCUT2D eigenvalue weighted by Gasteiger charge is -2.44. The van der Waals surface area contributed by atoms with Crippen molar-refractivity contribution in [3.63, 3.8) is 0 Å². The van der Waals surface area contributed by atoms with Crippen LogP contribution in [0.2, 0.25) is 0 Å². The molecule has 0 amide bonds. The number of methoxy groups -OCH3 is 1. The van der Waals surface area contributed by atoms with Gasteiger partial charge in [0.1, 0.15) is 5.54 Å². The fourth-order valence-electron chi connectivity index (χ4n) is 3.12. The van der Waals surface area contributed by atoms with Crippen molar-refractivity contribution in [3.8, 4) is 0 Å². The zero-order chi connectivity index (χ0) is 13.9. The third-order valence-corrected chi connectivity index (χ3v) is 5.45. The lowest BCUT2D eigenvalue weighted by Crippen LogP contribution is -2.60. The summed E-state index contributed by atoms with van der Waals surface area (Å²) in [5, 5.41) is 5.57. The minimum absolute atomic E-state index is 0.108. The number of carbonyl (C=O) groups excluding carboxylic acids is 1. The average molecular weight is 281 g/mol. The molecule has 3 nitrogen and oxygen atoms in total. The van der Waals surface area contributed by atoms with Gasteiger partial charge in [-0.2, -0.15) is 0 Å². The topological polar surface area (TPSA) is 38.3 Å². The molecule has 0 saturated heterocycles. The molecule has 1 heterocycles. The van der Waals surface area contributed by atoms with E-state index >= 15 is 0 Å². The Morgan fingerprint density at radius 2 is 2.37 bits per heavy atom. The molecule has 1 fully saturated rings. The Labute approximate surface area is 119 Å². The molecular weight excluding hydrogens is 258 g/mol. The van der Waals surface area contributed by atoms with Crippen molar-refractivity contribution in [1.82, 2.24) is 5.32 Å². The van der Waals surface area contributed by atoms with E-state index in [1.807, 2.05) is 6.07 Å². The molecule has 0 aromatic carbocycles. The molecule has 1 N–H and O–H groups in total. The molecule has 2 rings (SSSR count). The van der Waals surface area contributed by atoms with Crippen molar-refractivity contribution < 1.29 is 9.53 Å². The van der Waals surface area contributed by atoms with E-state index < -0.39 is 5.54 Å². The van der Waals surface area contributed by atoms with Gasteiger partial charge in [0.2, 0.25) is 0 Å². The normalized spacial score (nSPS) is 31.1. The maximum atomic E-state index is 12.3. The van der Waals surface area contributed by atoms with E-state index in [0.29, 0.717) is 11.8 Å². The molecule has 0 radical (unpaired) electrons. The number of esters is 1. The highest BCUT2D eigenvalue weighted by Crippen LogP contribution is 2.38. The quantitative estimate of drug-likeness (QED) is 0.861. The lowest BCUT2D eigenvalue weighted by atomic mass is 9.68. The lowest BCUT2D eigenvalue weighted by molar-refractivity contribution is -0.154. The van der Waals surface area contributed by atoms with Crippen LogP contribution in [-0.2, 0) is 16.1 Å². The molecule has 3 atom stereocenters. The summed E-state index contributed by atoms with van der Waals surface area (Å²) >= 11 is 1.72. The Hall–Kier alpha value is -0.870. The summed E-state index contributed by atoms with van der Waals surface area (Å²) in [7, 11) is 1.49. The van der Waals surface area contributed by atoms with Gasteiger partial charge >= 0.3 is 5.97 Å². The van der Waals surface area contributed by atoms with E-state index in [-0.39, 0.29) is 5.97 Å². The van der Waals surface area contributed by atoms with Gasteiger partial charge in [-0.25, -0.2) is 0 Å². The molecule has 106 valence electrons. The molecule has 1 aliphatic carbocycles. The monoisotopic (exact) mass is 281 g/mol. The average Bonchev–Trinajstić information content (AvgIpc) is 2.93. The summed E-state index contributed by atoms with van der Waals surface area (Å²) in [4.78, 5) is 13.6. The summed E-state index contributed by atoms with van der Waals surface area (Å²) in [6.45, 7) is 5.14. The van der Waals surface area contributed by atoms with Gasteiger partial charge in [0, 0.05) is 11.4 Å². The molecule has 1 aromatic heterocycles. The second-order valence-electron chi connectivity index (χ2n) is 5.55. The van der Waals surface area contributed by atoms with Crippen LogP contribution in [0.3, 0.4) is 0 Å². The number of carbonyl (C=O) groups is 1. The third-order valence-electron chi connectivity index (χ3n) is 4.57. The third kappa shape index (κ3) is 2.84. The molecule has 0 spiro atoms.